The van der Waals surface area contributed by atoms with Crippen molar-refractivity contribution in [2.24, 2.45) is 0 Å². The quantitative estimate of drug-likeness (QED) is 0.631. The summed E-state index contributed by atoms with van der Waals surface area (Å²) in [6.45, 7) is 1.62. The third-order valence-corrected chi connectivity index (χ3v) is 6.15. The van der Waals surface area contributed by atoms with Gasteiger partial charge < -0.3 is 4.90 Å². The minimum Gasteiger partial charge on any atom is -0.341 e. The summed E-state index contributed by atoms with van der Waals surface area (Å²) in [5.41, 5.74) is 1.69. The Hall–Kier alpha value is -1.99. The van der Waals surface area contributed by atoms with Crippen LogP contribution in [0.15, 0.2) is 45.2 Å². The van der Waals surface area contributed by atoms with Crippen molar-refractivity contribution in [1.29, 1.82) is 0 Å². The summed E-state index contributed by atoms with van der Waals surface area (Å²) in [5.74, 6) is -0.00614. The molecule has 0 radical (unpaired) electrons. The number of benzene rings is 1. The number of amides is 1. The zero-order valence-corrected chi connectivity index (χ0v) is 16.6. The normalized spacial score (nSPS) is 14.7. The summed E-state index contributed by atoms with van der Waals surface area (Å²) >= 11 is 4.88. The molecule has 1 amide bonds. The van der Waals surface area contributed by atoms with E-state index in [1.54, 1.807) is 0 Å². The largest absolute Gasteiger partial charge is 0.341 e. The zero-order valence-electron chi connectivity index (χ0n) is 14.2. The lowest BCUT2D eigenvalue weighted by molar-refractivity contribution is -0.132. The number of hydrogen-bond donors (Lipinski definition) is 0. The van der Waals surface area contributed by atoms with Gasteiger partial charge in [0, 0.05) is 28.5 Å². The average molecular weight is 432 g/mol. The van der Waals surface area contributed by atoms with Gasteiger partial charge in [-0.2, -0.15) is 0 Å². The standard InChI is InChI=1S/C19H18BrN3O2S/c20-14-6-4-13(5-7-14)15-11-26-18-17(15)19(25)23(12-21-18)10-16(24)22-8-2-1-3-9-22/h4-7,11-12H,1-3,8-10H2. The molecular formula is C19H18BrN3O2S. The fraction of sp³-hybridized carbons (Fsp3) is 0.316. The van der Waals surface area contributed by atoms with E-state index in [-0.39, 0.29) is 18.0 Å². The van der Waals surface area contributed by atoms with E-state index in [1.807, 2.05) is 34.5 Å². The Morgan fingerprint density at radius 3 is 2.62 bits per heavy atom. The molecule has 134 valence electrons. The summed E-state index contributed by atoms with van der Waals surface area (Å²) < 4.78 is 2.43. The van der Waals surface area contributed by atoms with Gasteiger partial charge in [0.25, 0.3) is 5.56 Å². The second-order valence-electron chi connectivity index (χ2n) is 6.46. The summed E-state index contributed by atoms with van der Waals surface area (Å²) in [6.07, 6.45) is 4.74. The first-order valence-electron chi connectivity index (χ1n) is 8.64. The van der Waals surface area contributed by atoms with Crippen molar-refractivity contribution in [1.82, 2.24) is 14.5 Å². The number of nitrogens with zero attached hydrogens (tertiary/aromatic N) is 3. The molecule has 2 aromatic heterocycles. The summed E-state index contributed by atoms with van der Waals surface area (Å²) in [6, 6.07) is 7.85. The van der Waals surface area contributed by atoms with E-state index < -0.39 is 0 Å². The molecule has 3 aromatic rings. The molecule has 1 fully saturated rings. The number of thiophene rings is 1. The smallest absolute Gasteiger partial charge is 0.263 e. The number of piperidine rings is 1. The highest BCUT2D eigenvalue weighted by atomic mass is 79.9. The molecule has 1 aromatic carbocycles. The van der Waals surface area contributed by atoms with Gasteiger partial charge in [0.05, 0.1) is 11.7 Å². The maximum absolute atomic E-state index is 13.0. The van der Waals surface area contributed by atoms with Crippen molar-refractivity contribution in [2.45, 2.75) is 25.8 Å². The molecule has 1 aliphatic heterocycles. The van der Waals surface area contributed by atoms with Gasteiger partial charge in [0.1, 0.15) is 11.4 Å². The van der Waals surface area contributed by atoms with Crippen LogP contribution in [0.25, 0.3) is 21.3 Å². The van der Waals surface area contributed by atoms with E-state index in [9.17, 15) is 9.59 Å². The van der Waals surface area contributed by atoms with Crippen LogP contribution in [0.1, 0.15) is 19.3 Å². The number of fused-ring (bicyclic) bond motifs is 1. The number of carbonyl (C=O) groups excluding carboxylic acids is 1. The molecule has 4 rings (SSSR count). The number of rotatable bonds is 3. The van der Waals surface area contributed by atoms with Crippen molar-refractivity contribution in [3.63, 3.8) is 0 Å². The average Bonchev–Trinajstić information content (AvgIpc) is 3.10. The maximum atomic E-state index is 13.0. The first kappa shape index (κ1) is 17.4. The first-order valence-corrected chi connectivity index (χ1v) is 10.3. The van der Waals surface area contributed by atoms with Crippen molar-refractivity contribution in [3.05, 3.63) is 50.8 Å². The summed E-state index contributed by atoms with van der Waals surface area (Å²) in [4.78, 5) is 32.5. The Morgan fingerprint density at radius 2 is 1.88 bits per heavy atom. The molecule has 7 heteroatoms. The lowest BCUT2D eigenvalue weighted by Gasteiger charge is -2.26. The van der Waals surface area contributed by atoms with E-state index in [2.05, 4.69) is 20.9 Å². The van der Waals surface area contributed by atoms with E-state index in [4.69, 9.17) is 0 Å². The molecule has 5 nitrogen and oxygen atoms in total. The van der Waals surface area contributed by atoms with Crippen LogP contribution in [-0.4, -0.2) is 33.4 Å². The van der Waals surface area contributed by atoms with Crippen LogP contribution in [0.5, 0.6) is 0 Å². The van der Waals surface area contributed by atoms with Crippen LogP contribution >= 0.6 is 27.3 Å². The molecule has 0 bridgehead atoms. The van der Waals surface area contributed by atoms with Gasteiger partial charge in [-0.05, 0) is 37.0 Å². The first-order chi connectivity index (χ1) is 12.6. The van der Waals surface area contributed by atoms with Crippen molar-refractivity contribution < 1.29 is 4.79 Å². The third-order valence-electron chi connectivity index (χ3n) is 4.73. The van der Waals surface area contributed by atoms with Crippen LogP contribution in [0.2, 0.25) is 0 Å². The molecule has 26 heavy (non-hydrogen) atoms. The Morgan fingerprint density at radius 1 is 1.15 bits per heavy atom. The highest BCUT2D eigenvalue weighted by Crippen LogP contribution is 2.31. The minimum absolute atomic E-state index is 0.00614. The molecular weight excluding hydrogens is 414 g/mol. The Balaban J connectivity index is 1.70. The molecule has 1 aliphatic rings. The zero-order chi connectivity index (χ0) is 18.1. The molecule has 0 saturated carbocycles. The number of aromatic nitrogens is 2. The van der Waals surface area contributed by atoms with Crippen molar-refractivity contribution in [2.75, 3.05) is 13.1 Å². The van der Waals surface area contributed by atoms with E-state index in [0.717, 1.165) is 41.5 Å². The molecule has 0 unspecified atom stereocenters. The van der Waals surface area contributed by atoms with Gasteiger partial charge in [-0.3, -0.25) is 14.2 Å². The third kappa shape index (κ3) is 3.33. The van der Waals surface area contributed by atoms with E-state index in [0.29, 0.717) is 10.2 Å². The van der Waals surface area contributed by atoms with Crippen LogP contribution < -0.4 is 5.56 Å². The molecule has 0 spiro atoms. The van der Waals surface area contributed by atoms with Crippen LogP contribution in [-0.2, 0) is 11.3 Å². The monoisotopic (exact) mass is 431 g/mol. The fourth-order valence-electron chi connectivity index (χ4n) is 3.31. The molecule has 1 saturated heterocycles. The van der Waals surface area contributed by atoms with Gasteiger partial charge in [-0.15, -0.1) is 11.3 Å². The molecule has 3 heterocycles. The molecule has 0 N–H and O–H groups in total. The molecule has 0 atom stereocenters. The lowest BCUT2D eigenvalue weighted by Crippen LogP contribution is -2.39. The summed E-state index contributed by atoms with van der Waals surface area (Å²) in [5, 5.41) is 2.55. The number of halogens is 1. The van der Waals surface area contributed by atoms with Crippen LogP contribution in [0, 0.1) is 0 Å². The Bertz CT molecular complexity index is 1000. The van der Waals surface area contributed by atoms with Gasteiger partial charge in [-0.25, -0.2) is 4.98 Å². The Kier molecular flexibility index (Phi) is 4.91. The number of carbonyl (C=O) groups is 1. The van der Waals surface area contributed by atoms with Crippen molar-refractivity contribution in [3.8, 4) is 11.1 Å². The van der Waals surface area contributed by atoms with Crippen molar-refractivity contribution >= 4 is 43.4 Å². The van der Waals surface area contributed by atoms with E-state index >= 15 is 0 Å². The maximum Gasteiger partial charge on any atom is 0.263 e. The highest BCUT2D eigenvalue weighted by molar-refractivity contribution is 9.10. The molecule has 0 aliphatic carbocycles. The SMILES string of the molecule is O=C(Cn1cnc2scc(-c3ccc(Br)cc3)c2c1=O)N1CCCCC1. The van der Waals surface area contributed by atoms with E-state index in [1.165, 1.54) is 28.7 Å². The minimum atomic E-state index is -0.153. The number of hydrogen-bond acceptors (Lipinski definition) is 4. The van der Waals surface area contributed by atoms with Gasteiger partial charge in [-0.1, -0.05) is 28.1 Å². The van der Waals surface area contributed by atoms with Crippen LogP contribution in [0.4, 0.5) is 0 Å². The second-order valence-corrected chi connectivity index (χ2v) is 8.23. The number of likely N-dealkylation sites (tertiary alicyclic amines) is 1. The van der Waals surface area contributed by atoms with Gasteiger partial charge in [0.15, 0.2) is 0 Å². The van der Waals surface area contributed by atoms with Gasteiger partial charge >= 0.3 is 0 Å². The Labute approximate surface area is 163 Å². The highest BCUT2D eigenvalue weighted by Gasteiger charge is 2.19. The second kappa shape index (κ2) is 7.32. The predicted molar refractivity (Wildman–Crippen MR) is 107 cm³/mol. The topological polar surface area (TPSA) is 55.2 Å². The van der Waals surface area contributed by atoms with Gasteiger partial charge in [0.2, 0.25) is 5.91 Å². The fourth-order valence-corrected chi connectivity index (χ4v) is 4.48. The predicted octanol–water partition coefficient (Wildman–Crippen LogP) is 3.90. The summed E-state index contributed by atoms with van der Waals surface area (Å²) in [7, 11) is 0. The van der Waals surface area contributed by atoms with Crippen LogP contribution in [0.3, 0.4) is 0 Å². The lowest BCUT2D eigenvalue weighted by atomic mass is 10.1.